The number of benzene rings is 1. The lowest BCUT2D eigenvalue weighted by molar-refractivity contribution is -0.118. The van der Waals surface area contributed by atoms with Crippen molar-refractivity contribution < 1.29 is 19.1 Å². The summed E-state index contributed by atoms with van der Waals surface area (Å²) in [7, 11) is 0. The maximum atomic E-state index is 12.7. The number of rotatable bonds is 6. The number of hydrogen-bond acceptors (Lipinski definition) is 5. The van der Waals surface area contributed by atoms with Gasteiger partial charge in [0.15, 0.2) is 6.61 Å². The fraction of sp³-hybridized carbons (Fsp3) is 0.478. The number of anilines is 1. The molecule has 5 nitrogen and oxygen atoms in total. The van der Waals surface area contributed by atoms with Crippen LogP contribution in [0, 0.1) is 11.3 Å². The van der Waals surface area contributed by atoms with Crippen LogP contribution in [0.15, 0.2) is 24.3 Å². The number of hydrogen-bond donors (Lipinski definition) is 1. The van der Waals surface area contributed by atoms with Crippen LogP contribution in [-0.4, -0.2) is 25.1 Å². The van der Waals surface area contributed by atoms with E-state index >= 15 is 0 Å². The number of carbonyl (C=O) groups is 2. The van der Waals surface area contributed by atoms with E-state index in [2.05, 4.69) is 26.1 Å². The van der Waals surface area contributed by atoms with Crippen molar-refractivity contribution >= 4 is 39.8 Å². The van der Waals surface area contributed by atoms with E-state index in [0.29, 0.717) is 27.3 Å². The fourth-order valence-electron chi connectivity index (χ4n) is 3.70. The van der Waals surface area contributed by atoms with Crippen LogP contribution in [0.25, 0.3) is 0 Å². The zero-order chi connectivity index (χ0) is 21.9. The summed E-state index contributed by atoms with van der Waals surface area (Å²) in [4.78, 5) is 26.4. The molecule has 0 saturated carbocycles. The summed E-state index contributed by atoms with van der Waals surface area (Å²) >= 11 is 7.55. The normalized spacial score (nSPS) is 16.0. The smallest absolute Gasteiger partial charge is 0.341 e. The summed E-state index contributed by atoms with van der Waals surface area (Å²) in [6, 6.07) is 6.99. The molecule has 1 N–H and O–H groups in total. The van der Waals surface area contributed by atoms with Gasteiger partial charge in [-0.05, 0) is 55.2 Å². The lowest BCUT2D eigenvalue weighted by Crippen LogP contribution is -2.26. The molecule has 1 aromatic heterocycles. The first-order chi connectivity index (χ1) is 14.2. The van der Waals surface area contributed by atoms with E-state index in [1.165, 1.54) is 11.3 Å². The minimum absolute atomic E-state index is 0.192. The van der Waals surface area contributed by atoms with E-state index in [0.717, 1.165) is 29.7 Å². The summed E-state index contributed by atoms with van der Waals surface area (Å²) in [5.74, 6) is 0.252. The van der Waals surface area contributed by atoms with E-state index in [1.54, 1.807) is 31.2 Å². The van der Waals surface area contributed by atoms with Gasteiger partial charge in [-0.3, -0.25) is 4.79 Å². The Morgan fingerprint density at radius 2 is 2.00 bits per heavy atom. The lowest BCUT2D eigenvalue weighted by Gasteiger charge is -2.33. The molecule has 1 amide bonds. The van der Waals surface area contributed by atoms with E-state index < -0.39 is 0 Å². The Hall–Kier alpha value is -2.05. The van der Waals surface area contributed by atoms with Gasteiger partial charge in [0.1, 0.15) is 10.8 Å². The minimum atomic E-state index is -0.383. The van der Waals surface area contributed by atoms with Gasteiger partial charge in [0.2, 0.25) is 0 Å². The fourth-order valence-corrected chi connectivity index (χ4v) is 5.22. The Morgan fingerprint density at radius 3 is 2.67 bits per heavy atom. The highest BCUT2D eigenvalue weighted by atomic mass is 35.5. The number of nitrogens with one attached hydrogen (secondary N) is 1. The van der Waals surface area contributed by atoms with Crippen molar-refractivity contribution in [3.63, 3.8) is 0 Å². The minimum Gasteiger partial charge on any atom is -0.482 e. The predicted molar refractivity (Wildman–Crippen MR) is 121 cm³/mol. The van der Waals surface area contributed by atoms with Crippen molar-refractivity contribution in [3.05, 3.63) is 45.3 Å². The molecule has 1 atom stereocenters. The summed E-state index contributed by atoms with van der Waals surface area (Å²) in [5, 5.41) is 3.85. The van der Waals surface area contributed by atoms with Gasteiger partial charge in [-0.25, -0.2) is 4.79 Å². The van der Waals surface area contributed by atoms with Gasteiger partial charge in [0.05, 0.1) is 17.2 Å². The van der Waals surface area contributed by atoms with Gasteiger partial charge in [-0.2, -0.15) is 0 Å². The average Bonchev–Trinajstić information content (AvgIpc) is 3.03. The average molecular weight is 450 g/mol. The molecule has 2 aromatic rings. The van der Waals surface area contributed by atoms with Gasteiger partial charge in [0, 0.05) is 4.88 Å². The van der Waals surface area contributed by atoms with E-state index in [9.17, 15) is 9.59 Å². The number of amides is 1. The summed E-state index contributed by atoms with van der Waals surface area (Å²) in [6.07, 6.45) is 2.73. The van der Waals surface area contributed by atoms with Gasteiger partial charge >= 0.3 is 5.97 Å². The first kappa shape index (κ1) is 22.6. The maximum absolute atomic E-state index is 12.7. The third-order valence-corrected chi connectivity index (χ3v) is 6.90. The van der Waals surface area contributed by atoms with Crippen molar-refractivity contribution in [2.24, 2.45) is 11.3 Å². The molecule has 0 spiro atoms. The largest absolute Gasteiger partial charge is 0.482 e. The highest BCUT2D eigenvalue weighted by molar-refractivity contribution is 7.17. The number of thiophene rings is 1. The molecule has 1 unspecified atom stereocenters. The number of para-hydroxylation sites is 1. The summed E-state index contributed by atoms with van der Waals surface area (Å²) < 4.78 is 10.8. The molecule has 1 heterocycles. The topological polar surface area (TPSA) is 64.6 Å². The molecular weight excluding hydrogens is 422 g/mol. The Bertz CT molecular complexity index is 932. The Morgan fingerprint density at radius 1 is 1.27 bits per heavy atom. The molecule has 0 bridgehead atoms. The zero-order valence-corrected chi connectivity index (χ0v) is 19.4. The molecule has 162 valence electrons. The summed E-state index contributed by atoms with van der Waals surface area (Å²) in [5.41, 5.74) is 1.70. The first-order valence-corrected chi connectivity index (χ1v) is 11.4. The molecule has 1 aliphatic carbocycles. The van der Waals surface area contributed by atoms with Gasteiger partial charge in [-0.15, -0.1) is 11.3 Å². The number of halogens is 1. The van der Waals surface area contributed by atoms with E-state index in [-0.39, 0.29) is 30.5 Å². The lowest BCUT2D eigenvalue weighted by atomic mass is 9.72. The number of fused-ring (bicyclic) bond motifs is 1. The molecule has 0 fully saturated rings. The van der Waals surface area contributed by atoms with E-state index in [4.69, 9.17) is 21.1 Å². The van der Waals surface area contributed by atoms with Crippen LogP contribution in [0.3, 0.4) is 0 Å². The highest BCUT2D eigenvalue weighted by Crippen LogP contribution is 2.44. The molecular formula is C23H28ClNO4S. The molecule has 7 heteroatoms. The van der Waals surface area contributed by atoms with Crippen molar-refractivity contribution in [1.29, 1.82) is 0 Å². The number of esters is 1. The molecule has 0 aliphatic heterocycles. The molecule has 1 aliphatic rings. The molecule has 3 rings (SSSR count). The number of ether oxygens (including phenoxy) is 2. The Labute approximate surface area is 186 Å². The predicted octanol–water partition coefficient (Wildman–Crippen LogP) is 5.75. The van der Waals surface area contributed by atoms with Crippen molar-refractivity contribution in [3.8, 4) is 5.75 Å². The Balaban J connectivity index is 1.79. The second kappa shape index (κ2) is 9.40. The molecule has 0 saturated heterocycles. The second-order valence-electron chi connectivity index (χ2n) is 8.50. The van der Waals surface area contributed by atoms with Crippen molar-refractivity contribution in [1.82, 2.24) is 0 Å². The summed E-state index contributed by atoms with van der Waals surface area (Å²) in [6.45, 7) is 8.62. The molecule has 1 aromatic carbocycles. The van der Waals surface area contributed by atoms with Crippen LogP contribution >= 0.6 is 22.9 Å². The van der Waals surface area contributed by atoms with Crippen LogP contribution in [0.2, 0.25) is 5.02 Å². The Kier molecular flexibility index (Phi) is 7.09. The van der Waals surface area contributed by atoms with Crippen LogP contribution < -0.4 is 10.1 Å². The van der Waals surface area contributed by atoms with Crippen molar-refractivity contribution in [2.45, 2.75) is 47.0 Å². The number of carbonyl (C=O) groups excluding carboxylic acids is 2. The van der Waals surface area contributed by atoms with Gasteiger partial charge < -0.3 is 14.8 Å². The highest BCUT2D eigenvalue weighted by Gasteiger charge is 2.34. The van der Waals surface area contributed by atoms with Crippen molar-refractivity contribution in [2.75, 3.05) is 18.5 Å². The van der Waals surface area contributed by atoms with Crippen LogP contribution in [-0.2, 0) is 22.4 Å². The molecule has 30 heavy (non-hydrogen) atoms. The third kappa shape index (κ3) is 5.16. The zero-order valence-electron chi connectivity index (χ0n) is 17.8. The monoisotopic (exact) mass is 449 g/mol. The maximum Gasteiger partial charge on any atom is 0.341 e. The van der Waals surface area contributed by atoms with Gasteiger partial charge in [-0.1, -0.05) is 44.5 Å². The van der Waals surface area contributed by atoms with Crippen LogP contribution in [0.5, 0.6) is 5.75 Å². The first-order valence-electron chi connectivity index (χ1n) is 10.2. The van der Waals surface area contributed by atoms with Crippen LogP contribution in [0.1, 0.15) is 54.9 Å². The SMILES string of the molecule is CCOC(=O)c1c(NC(=O)COc2ccccc2Cl)sc2c1CCC(C(C)(C)C)C2. The van der Waals surface area contributed by atoms with Crippen LogP contribution in [0.4, 0.5) is 5.00 Å². The second-order valence-corrected chi connectivity index (χ2v) is 10.0. The standard InChI is InChI=1S/C23H28ClNO4S/c1-5-28-22(27)20-15-11-10-14(23(2,3)4)12-18(15)30-21(20)25-19(26)13-29-17-9-7-6-8-16(17)24/h6-9,14H,5,10-13H2,1-4H3,(H,25,26). The quantitative estimate of drug-likeness (QED) is 0.570. The molecule has 0 radical (unpaired) electrons. The van der Waals surface area contributed by atoms with Gasteiger partial charge in [0.25, 0.3) is 5.91 Å². The van der Waals surface area contributed by atoms with E-state index in [1.807, 2.05) is 0 Å². The third-order valence-electron chi connectivity index (χ3n) is 5.42.